The van der Waals surface area contributed by atoms with Crippen molar-refractivity contribution in [1.82, 2.24) is 0 Å². The SMILES string of the molecule is CCC1CC(C[C@@H]2CC[C@]3(CC4CC(O)CC(OC)C4C4CCC5C(O[C@H](C6CCC(O)C(OCC[NH2+]C)C6)[C@H]5COC(C)=O)C43)C2)C[NH2+]C1N. The van der Waals surface area contributed by atoms with Crippen LogP contribution in [0.3, 0.4) is 0 Å². The standard InChI is InChI=1S/C41H71N3O7/c1-5-26-15-25(21-44-40(26)42)14-24-10-11-41(19-24)20-28-16-29(46)18-35(48-4)36(28)31-8-7-30-32(22-50-23(2)45)38(51-39(30)37(31)41)27-6-9-33(47)34(17-27)49-13-12-43-3/h24-40,43-44,46-47H,5-22,42H2,1-4H3/p+2/t24-,25?,26?,27?,28?,29?,30?,31?,32-,33?,34?,35?,36?,37?,38+,39?,40?,41+/m0/s1. The average molecular weight is 720 g/mol. The third kappa shape index (κ3) is 7.83. The summed E-state index contributed by atoms with van der Waals surface area (Å²) in [4.78, 5) is 12.3. The number of rotatable bonds is 11. The highest BCUT2D eigenvalue weighted by molar-refractivity contribution is 5.65. The number of hydrogen-bond acceptors (Lipinski definition) is 8. The molecule has 7 aliphatic rings. The van der Waals surface area contributed by atoms with E-state index >= 15 is 0 Å². The van der Waals surface area contributed by atoms with Crippen molar-refractivity contribution in [2.45, 2.75) is 147 Å². The molecule has 2 saturated heterocycles. The van der Waals surface area contributed by atoms with Crippen LogP contribution in [-0.4, -0.2) is 99.4 Å². The number of piperidine rings is 1. The van der Waals surface area contributed by atoms with Gasteiger partial charge >= 0.3 is 5.97 Å². The third-order valence-electron chi connectivity index (χ3n) is 15.9. The first-order valence-corrected chi connectivity index (χ1v) is 21.3. The van der Waals surface area contributed by atoms with Crippen LogP contribution in [0, 0.1) is 64.6 Å². The second kappa shape index (κ2) is 16.5. The van der Waals surface area contributed by atoms with Crippen molar-refractivity contribution < 1.29 is 44.6 Å². The van der Waals surface area contributed by atoms with Gasteiger partial charge in [0.2, 0.25) is 0 Å². The molecule has 0 bridgehead atoms. The number of esters is 1. The van der Waals surface area contributed by atoms with Gasteiger partial charge in [0.05, 0.1) is 70.0 Å². The van der Waals surface area contributed by atoms with Gasteiger partial charge in [-0.1, -0.05) is 6.92 Å². The van der Waals surface area contributed by atoms with E-state index < -0.39 is 6.10 Å². The van der Waals surface area contributed by atoms with Gasteiger partial charge in [0.25, 0.3) is 0 Å². The van der Waals surface area contributed by atoms with E-state index in [0.717, 1.165) is 69.9 Å². The topological polar surface area (TPSA) is 154 Å². The largest absolute Gasteiger partial charge is 0.465 e. The zero-order valence-corrected chi connectivity index (χ0v) is 32.2. The molecule has 7 fully saturated rings. The Balaban J connectivity index is 1.17. The summed E-state index contributed by atoms with van der Waals surface area (Å²) >= 11 is 0. The smallest absolute Gasteiger partial charge is 0.302 e. The van der Waals surface area contributed by atoms with Crippen LogP contribution in [-0.2, 0) is 23.7 Å². The molecule has 292 valence electrons. The predicted molar refractivity (Wildman–Crippen MR) is 193 cm³/mol. The molecule has 1 spiro atoms. The second-order valence-corrected chi connectivity index (χ2v) is 18.7. The van der Waals surface area contributed by atoms with E-state index in [1.807, 2.05) is 14.2 Å². The summed E-state index contributed by atoms with van der Waals surface area (Å²) < 4.78 is 25.9. The minimum Gasteiger partial charge on any atom is -0.465 e. The number of carbonyl (C=O) groups excluding carboxylic acids is 1. The molecule has 10 heteroatoms. The lowest BCUT2D eigenvalue weighted by molar-refractivity contribution is -0.710. The molecule has 5 saturated carbocycles. The van der Waals surface area contributed by atoms with E-state index in [2.05, 4.69) is 17.6 Å². The Morgan fingerprint density at radius 1 is 0.980 bits per heavy atom. The zero-order chi connectivity index (χ0) is 35.9. The second-order valence-electron chi connectivity index (χ2n) is 18.7. The minimum absolute atomic E-state index is 0.000716. The Hall–Kier alpha value is -0.850. The molecule has 0 aromatic carbocycles. The first-order chi connectivity index (χ1) is 24.6. The van der Waals surface area contributed by atoms with Gasteiger partial charge in [0, 0.05) is 31.8 Å². The predicted octanol–water partition coefficient (Wildman–Crippen LogP) is 2.19. The highest BCUT2D eigenvalue weighted by Crippen LogP contribution is 2.68. The van der Waals surface area contributed by atoms with E-state index in [-0.39, 0.29) is 59.9 Å². The molecule has 8 N–H and O–H groups in total. The van der Waals surface area contributed by atoms with Crippen molar-refractivity contribution in [1.29, 1.82) is 0 Å². The number of aliphatic hydroxyl groups is 2. The van der Waals surface area contributed by atoms with Crippen LogP contribution in [0.4, 0.5) is 0 Å². The van der Waals surface area contributed by atoms with Crippen molar-refractivity contribution in [3.05, 3.63) is 0 Å². The third-order valence-corrected chi connectivity index (χ3v) is 15.9. The molecule has 51 heavy (non-hydrogen) atoms. The molecule has 5 aliphatic carbocycles. The molecule has 10 nitrogen and oxygen atoms in total. The Kier molecular flexibility index (Phi) is 12.4. The van der Waals surface area contributed by atoms with E-state index in [0.29, 0.717) is 48.7 Å². The van der Waals surface area contributed by atoms with Crippen molar-refractivity contribution in [2.75, 3.05) is 40.5 Å². The molecule has 18 atom stereocenters. The van der Waals surface area contributed by atoms with Gasteiger partial charge in [-0.3, -0.25) is 10.5 Å². The number of quaternary nitrogens is 2. The maximum Gasteiger partial charge on any atom is 0.302 e. The fourth-order valence-corrected chi connectivity index (χ4v) is 13.9. The summed E-state index contributed by atoms with van der Waals surface area (Å²) in [7, 11) is 3.91. The summed E-state index contributed by atoms with van der Waals surface area (Å²) in [5.41, 5.74) is 6.71. The van der Waals surface area contributed by atoms with E-state index in [9.17, 15) is 15.0 Å². The molecule has 2 aliphatic heterocycles. The molecule has 0 aromatic heterocycles. The van der Waals surface area contributed by atoms with E-state index in [1.165, 1.54) is 51.9 Å². The van der Waals surface area contributed by atoms with Gasteiger partial charge in [-0.2, -0.15) is 0 Å². The number of ether oxygens (including phenoxy) is 4. The Bertz CT molecular complexity index is 1160. The Morgan fingerprint density at radius 2 is 1.80 bits per heavy atom. The van der Waals surface area contributed by atoms with Gasteiger partial charge in [-0.25, -0.2) is 0 Å². The lowest BCUT2D eigenvalue weighted by Gasteiger charge is -2.61. The zero-order valence-electron chi connectivity index (χ0n) is 32.2. The van der Waals surface area contributed by atoms with Gasteiger partial charge in [-0.15, -0.1) is 0 Å². The fourth-order valence-electron chi connectivity index (χ4n) is 13.9. The summed E-state index contributed by atoms with van der Waals surface area (Å²) in [6.45, 7) is 6.92. The maximum atomic E-state index is 12.3. The van der Waals surface area contributed by atoms with Gasteiger partial charge in [-0.05, 0) is 137 Å². The normalized spacial score (nSPS) is 49.7. The van der Waals surface area contributed by atoms with Crippen molar-refractivity contribution in [3.63, 3.8) is 0 Å². The molecular formula is C41H73N3O7+2. The number of aliphatic hydroxyl groups excluding tert-OH is 2. The molecule has 0 radical (unpaired) electrons. The summed E-state index contributed by atoms with van der Waals surface area (Å²) in [5.74, 6) is 4.59. The molecule has 2 heterocycles. The van der Waals surface area contributed by atoms with Crippen LogP contribution in [0.25, 0.3) is 0 Å². The van der Waals surface area contributed by atoms with Gasteiger partial charge < -0.3 is 39.8 Å². The fraction of sp³-hybridized carbons (Fsp3) is 0.976. The Morgan fingerprint density at radius 3 is 2.57 bits per heavy atom. The van der Waals surface area contributed by atoms with Gasteiger partial charge in [0.15, 0.2) is 0 Å². The number of hydrogen-bond donors (Lipinski definition) is 5. The minimum atomic E-state index is -0.440. The highest BCUT2D eigenvalue weighted by atomic mass is 16.5. The molecule has 0 amide bonds. The van der Waals surface area contributed by atoms with Crippen LogP contribution in [0.5, 0.6) is 0 Å². The number of likely N-dealkylation sites (N-methyl/N-ethyl adjacent to an activating group) is 1. The lowest BCUT2D eigenvalue weighted by Crippen LogP contribution is -2.97. The molecule has 0 aromatic rings. The summed E-state index contributed by atoms with van der Waals surface area (Å²) in [6, 6.07) is 0. The number of fused-ring (bicyclic) bond motifs is 6. The van der Waals surface area contributed by atoms with Crippen molar-refractivity contribution in [2.24, 2.45) is 70.3 Å². The monoisotopic (exact) mass is 720 g/mol. The average Bonchev–Trinajstić information content (AvgIpc) is 3.69. The van der Waals surface area contributed by atoms with Crippen LogP contribution >= 0.6 is 0 Å². The van der Waals surface area contributed by atoms with Crippen LogP contribution in [0.2, 0.25) is 0 Å². The summed E-state index contributed by atoms with van der Waals surface area (Å²) in [6.07, 6.45) is 14.7. The first kappa shape index (κ1) is 38.4. The van der Waals surface area contributed by atoms with E-state index in [4.69, 9.17) is 24.7 Å². The maximum absolute atomic E-state index is 12.3. The molecule has 7 rings (SSSR count). The van der Waals surface area contributed by atoms with Gasteiger partial charge in [0.1, 0.15) is 6.17 Å². The first-order valence-electron chi connectivity index (χ1n) is 21.3. The molecule has 14 unspecified atom stereocenters. The number of nitrogens with two attached hydrogens (primary N) is 3. The number of methoxy groups -OCH3 is 1. The number of carbonyl (C=O) groups is 1. The van der Waals surface area contributed by atoms with Crippen molar-refractivity contribution in [3.8, 4) is 0 Å². The Labute approximate surface area is 307 Å². The highest BCUT2D eigenvalue weighted by Gasteiger charge is 2.65. The van der Waals surface area contributed by atoms with Crippen LogP contribution < -0.4 is 16.4 Å². The van der Waals surface area contributed by atoms with Crippen LogP contribution in [0.15, 0.2) is 0 Å². The van der Waals surface area contributed by atoms with Crippen molar-refractivity contribution >= 4 is 5.97 Å². The van der Waals surface area contributed by atoms with E-state index in [1.54, 1.807) is 0 Å². The van der Waals surface area contributed by atoms with Crippen LogP contribution in [0.1, 0.15) is 104 Å². The quantitative estimate of drug-likeness (QED) is 0.161. The molecular weight excluding hydrogens is 646 g/mol. The lowest BCUT2D eigenvalue weighted by atomic mass is 9.45. The summed E-state index contributed by atoms with van der Waals surface area (Å²) in [5, 5.41) is 26.6.